The van der Waals surface area contributed by atoms with Gasteiger partial charge in [0.1, 0.15) is 16.8 Å². The number of halogens is 1. The number of rotatable bonds is 3. The summed E-state index contributed by atoms with van der Waals surface area (Å²) in [6.07, 6.45) is 5.22. The van der Waals surface area contributed by atoms with Crippen molar-refractivity contribution in [3.63, 3.8) is 0 Å². The van der Waals surface area contributed by atoms with Crippen LogP contribution >= 0.6 is 11.6 Å². The Morgan fingerprint density at radius 2 is 2.00 bits per heavy atom. The maximum Gasteiger partial charge on any atom is 0.134 e. The number of anilines is 1. The summed E-state index contributed by atoms with van der Waals surface area (Å²) in [5.41, 5.74) is 0. The maximum absolute atomic E-state index is 6.03. The lowest BCUT2D eigenvalue weighted by Gasteiger charge is -2.11. The Morgan fingerprint density at radius 1 is 1.28 bits per heavy atom. The predicted octanol–water partition coefficient (Wildman–Crippen LogP) is 3.15. The van der Waals surface area contributed by atoms with Crippen LogP contribution in [0.25, 0.3) is 0 Å². The molecule has 96 valence electrons. The highest BCUT2D eigenvalue weighted by Crippen LogP contribution is 2.66. The zero-order valence-electron chi connectivity index (χ0n) is 10.6. The molecular weight excluding hydrogens is 246 g/mol. The second kappa shape index (κ2) is 3.83. The number of nitrogens with zero attached hydrogens (tertiary/aromatic N) is 2. The minimum atomic E-state index is 0.554. The van der Waals surface area contributed by atoms with Crippen LogP contribution in [0, 0.1) is 23.7 Å². The number of aromatic nitrogens is 2. The van der Waals surface area contributed by atoms with E-state index in [1.807, 2.05) is 6.07 Å². The third kappa shape index (κ3) is 1.56. The van der Waals surface area contributed by atoms with Crippen molar-refractivity contribution in [1.82, 2.24) is 9.97 Å². The molecule has 4 heteroatoms. The van der Waals surface area contributed by atoms with Gasteiger partial charge in [-0.05, 0) is 42.9 Å². The van der Waals surface area contributed by atoms with Crippen LogP contribution in [0.5, 0.6) is 0 Å². The van der Waals surface area contributed by atoms with E-state index in [1.54, 1.807) is 0 Å². The third-order valence-corrected chi connectivity index (χ3v) is 5.30. The molecule has 3 aliphatic rings. The van der Waals surface area contributed by atoms with Gasteiger partial charge in [-0.2, -0.15) is 0 Å². The second-order valence-corrected chi connectivity index (χ2v) is 6.39. The smallest absolute Gasteiger partial charge is 0.134 e. The van der Waals surface area contributed by atoms with Gasteiger partial charge in [-0.15, -0.1) is 0 Å². The molecule has 4 unspecified atom stereocenters. The first-order valence-electron chi connectivity index (χ1n) is 7.06. The quantitative estimate of drug-likeness (QED) is 0.852. The third-order valence-electron chi connectivity index (χ3n) is 5.11. The molecule has 0 spiro atoms. The molecule has 18 heavy (non-hydrogen) atoms. The highest BCUT2D eigenvalue weighted by atomic mass is 35.5. The minimum Gasteiger partial charge on any atom is -0.367 e. The van der Waals surface area contributed by atoms with Crippen molar-refractivity contribution in [3.8, 4) is 0 Å². The van der Waals surface area contributed by atoms with E-state index < -0.39 is 0 Å². The maximum atomic E-state index is 6.03. The summed E-state index contributed by atoms with van der Waals surface area (Å²) in [5.74, 6) is 5.57. The van der Waals surface area contributed by atoms with Gasteiger partial charge in [-0.1, -0.05) is 18.5 Å². The highest BCUT2D eigenvalue weighted by Gasteiger charge is 2.65. The topological polar surface area (TPSA) is 37.8 Å². The van der Waals surface area contributed by atoms with Crippen LogP contribution in [-0.2, 0) is 6.42 Å². The lowest BCUT2D eigenvalue weighted by atomic mass is 10.0. The number of nitrogens with one attached hydrogen (secondary N) is 1. The molecule has 1 heterocycles. The fourth-order valence-corrected chi connectivity index (χ4v) is 4.59. The van der Waals surface area contributed by atoms with E-state index in [4.69, 9.17) is 11.6 Å². The van der Waals surface area contributed by atoms with Crippen LogP contribution in [0.2, 0.25) is 5.15 Å². The first kappa shape index (κ1) is 11.0. The monoisotopic (exact) mass is 263 g/mol. The van der Waals surface area contributed by atoms with Crippen molar-refractivity contribution in [2.75, 3.05) is 5.32 Å². The summed E-state index contributed by atoms with van der Waals surface area (Å²) in [4.78, 5) is 8.73. The van der Waals surface area contributed by atoms with Gasteiger partial charge in [0.2, 0.25) is 0 Å². The van der Waals surface area contributed by atoms with Crippen LogP contribution < -0.4 is 5.32 Å². The molecule has 0 aliphatic heterocycles. The molecule has 3 saturated carbocycles. The first-order chi connectivity index (χ1) is 8.76. The van der Waals surface area contributed by atoms with E-state index in [0.29, 0.717) is 11.2 Å². The SMILES string of the molecule is CCc1nc(Cl)cc(NC2C3C4CCC(C4)C23)n1. The molecule has 4 atom stereocenters. The Bertz CT molecular complexity index is 474. The van der Waals surface area contributed by atoms with E-state index in [1.165, 1.54) is 19.3 Å². The average Bonchev–Trinajstić information content (AvgIpc) is 2.76. The summed E-state index contributed by atoms with van der Waals surface area (Å²) in [5, 5.41) is 4.15. The van der Waals surface area contributed by atoms with E-state index in [9.17, 15) is 0 Å². The average molecular weight is 264 g/mol. The second-order valence-electron chi connectivity index (χ2n) is 6.00. The van der Waals surface area contributed by atoms with Crippen LogP contribution in [0.1, 0.15) is 32.0 Å². The van der Waals surface area contributed by atoms with Gasteiger partial charge in [-0.3, -0.25) is 0 Å². The lowest BCUT2D eigenvalue weighted by molar-refractivity contribution is 0.456. The molecular formula is C14H18ClN3. The fourth-order valence-electron chi connectivity index (χ4n) is 4.39. The van der Waals surface area contributed by atoms with Gasteiger partial charge in [0.05, 0.1) is 0 Å². The Labute approximate surface area is 112 Å². The molecule has 1 aromatic heterocycles. The summed E-state index contributed by atoms with van der Waals surface area (Å²) >= 11 is 6.03. The number of fused-ring (bicyclic) bond motifs is 5. The van der Waals surface area contributed by atoms with E-state index in [-0.39, 0.29) is 0 Å². The summed E-state index contributed by atoms with van der Waals surface area (Å²) in [7, 11) is 0. The van der Waals surface area contributed by atoms with Crippen LogP contribution in [-0.4, -0.2) is 16.0 Å². The Kier molecular flexibility index (Phi) is 2.35. The van der Waals surface area contributed by atoms with Gasteiger partial charge in [-0.25, -0.2) is 9.97 Å². The zero-order valence-corrected chi connectivity index (χ0v) is 11.3. The summed E-state index contributed by atoms with van der Waals surface area (Å²) in [6.45, 7) is 2.06. The number of hydrogen-bond donors (Lipinski definition) is 1. The summed E-state index contributed by atoms with van der Waals surface area (Å²) in [6, 6.07) is 2.52. The van der Waals surface area contributed by atoms with Crippen molar-refractivity contribution >= 4 is 17.4 Å². The molecule has 3 aliphatic carbocycles. The molecule has 1 N–H and O–H groups in total. The summed E-state index contributed by atoms with van der Waals surface area (Å²) < 4.78 is 0. The highest BCUT2D eigenvalue weighted by molar-refractivity contribution is 6.29. The molecule has 2 bridgehead atoms. The zero-order chi connectivity index (χ0) is 12.3. The van der Waals surface area contributed by atoms with Crippen LogP contribution in [0.3, 0.4) is 0 Å². The van der Waals surface area contributed by atoms with E-state index in [2.05, 4.69) is 22.2 Å². The molecule has 3 fully saturated rings. The first-order valence-corrected chi connectivity index (χ1v) is 7.44. The van der Waals surface area contributed by atoms with Gasteiger partial charge in [0.15, 0.2) is 0 Å². The van der Waals surface area contributed by atoms with Crippen molar-refractivity contribution in [1.29, 1.82) is 0 Å². The Hall–Kier alpha value is -0.830. The van der Waals surface area contributed by atoms with Crippen molar-refractivity contribution in [3.05, 3.63) is 17.0 Å². The van der Waals surface area contributed by atoms with Gasteiger partial charge in [0.25, 0.3) is 0 Å². The molecule has 3 nitrogen and oxygen atoms in total. The van der Waals surface area contributed by atoms with Crippen LogP contribution in [0.4, 0.5) is 5.82 Å². The van der Waals surface area contributed by atoms with Crippen LogP contribution in [0.15, 0.2) is 6.07 Å². The number of aryl methyl sites for hydroxylation is 1. The molecule has 0 saturated heterocycles. The lowest BCUT2D eigenvalue weighted by Crippen LogP contribution is -2.14. The van der Waals surface area contributed by atoms with Gasteiger partial charge >= 0.3 is 0 Å². The number of hydrogen-bond acceptors (Lipinski definition) is 3. The minimum absolute atomic E-state index is 0.554. The molecule has 0 aromatic carbocycles. The largest absolute Gasteiger partial charge is 0.367 e. The van der Waals surface area contributed by atoms with E-state index in [0.717, 1.165) is 41.7 Å². The fraction of sp³-hybridized carbons (Fsp3) is 0.714. The van der Waals surface area contributed by atoms with Crippen molar-refractivity contribution in [2.45, 2.75) is 38.6 Å². The molecule has 1 aromatic rings. The normalized spacial score (nSPS) is 39.8. The molecule has 0 amide bonds. The van der Waals surface area contributed by atoms with E-state index >= 15 is 0 Å². The Morgan fingerprint density at radius 3 is 2.67 bits per heavy atom. The molecule has 4 rings (SSSR count). The predicted molar refractivity (Wildman–Crippen MR) is 71.6 cm³/mol. The molecule has 0 radical (unpaired) electrons. The van der Waals surface area contributed by atoms with Crippen molar-refractivity contribution < 1.29 is 0 Å². The van der Waals surface area contributed by atoms with Gasteiger partial charge < -0.3 is 5.32 Å². The van der Waals surface area contributed by atoms with Crippen molar-refractivity contribution in [2.24, 2.45) is 23.7 Å². The van der Waals surface area contributed by atoms with Gasteiger partial charge in [0, 0.05) is 18.5 Å². The standard InChI is InChI=1S/C14H18ClN3/c1-2-10-16-9(15)6-11(17-10)18-14-12-7-3-4-8(5-7)13(12)14/h6-8,12-14H,2-5H2,1H3,(H,16,17,18). The Balaban J connectivity index is 1.51.